The molecule has 3 aromatic rings. The molecule has 226 valence electrons. The first-order chi connectivity index (χ1) is 19.9. The molecule has 41 heavy (non-hydrogen) atoms. The van der Waals surface area contributed by atoms with E-state index in [2.05, 4.69) is 38.8 Å². The number of nitrogens with two attached hydrogens (primary N) is 1. The second-order valence-electron chi connectivity index (χ2n) is 8.62. The predicted octanol–water partition coefficient (Wildman–Crippen LogP) is 7.21. The Kier molecular flexibility index (Phi) is 20.6. The number of ether oxygens (including phenoxy) is 1. The van der Waals surface area contributed by atoms with Crippen molar-refractivity contribution >= 4 is 23.9 Å². The van der Waals surface area contributed by atoms with Crippen molar-refractivity contribution in [2.75, 3.05) is 30.8 Å². The first-order valence-corrected chi connectivity index (χ1v) is 14.7. The number of aryl methyl sites for hydroxylation is 1. The van der Waals surface area contributed by atoms with Gasteiger partial charge in [0.15, 0.2) is 0 Å². The summed E-state index contributed by atoms with van der Waals surface area (Å²) in [5.41, 5.74) is 10.0. The van der Waals surface area contributed by atoms with E-state index in [-0.39, 0.29) is 5.91 Å². The number of nitrogens with zero attached hydrogens (tertiary/aromatic N) is 3. The Morgan fingerprint density at radius 2 is 1.49 bits per heavy atom. The highest BCUT2D eigenvalue weighted by atomic mass is 16.5. The van der Waals surface area contributed by atoms with Crippen molar-refractivity contribution in [2.24, 2.45) is 0 Å². The van der Waals surface area contributed by atoms with Crippen molar-refractivity contribution in [2.45, 2.75) is 80.7 Å². The molecule has 3 rings (SSSR count). The molecule has 0 aliphatic rings. The van der Waals surface area contributed by atoms with Crippen LogP contribution in [0.4, 0.5) is 11.5 Å². The smallest absolute Gasteiger partial charge is 0.292 e. The summed E-state index contributed by atoms with van der Waals surface area (Å²) in [7, 11) is 1.31. The molecule has 0 aliphatic carbocycles. The molecule has 0 fully saturated rings. The van der Waals surface area contributed by atoms with Crippen LogP contribution < -0.4 is 16.0 Å². The van der Waals surface area contributed by atoms with Crippen molar-refractivity contribution in [3.8, 4) is 11.1 Å². The Balaban J connectivity index is 0.00000180. The maximum Gasteiger partial charge on any atom is 0.292 e. The maximum atomic E-state index is 12.7. The van der Waals surface area contributed by atoms with Gasteiger partial charge in [-0.15, -0.1) is 0 Å². The summed E-state index contributed by atoms with van der Waals surface area (Å²) >= 11 is 0. The topological polar surface area (TPSA) is 110 Å². The molecular weight excluding hydrogens is 514 g/mol. The van der Waals surface area contributed by atoms with Gasteiger partial charge >= 0.3 is 0 Å². The molecule has 0 atom stereocenters. The standard InChI is InChI=1S/C27H35N5O.C2H4O2.2C2H6/c1-4-6-7-8-17-32(5-2)26-18-25(30-20(3)31-26)19-29-27(33)23-11-9-21(10-12-23)22-13-15-24(28)16-14-22;1-4-2-3;2*1-2/h9-16,18H,4-8,17,19,28H2,1-3H3,(H,29,33);2H,1H3;2*1-2H3. The van der Waals surface area contributed by atoms with E-state index in [0.29, 0.717) is 18.6 Å². The largest absolute Gasteiger partial charge is 0.471 e. The monoisotopic (exact) mass is 565 g/mol. The van der Waals surface area contributed by atoms with Gasteiger partial charge in [0.05, 0.1) is 19.3 Å². The van der Waals surface area contributed by atoms with Crippen LogP contribution in [0.2, 0.25) is 0 Å². The molecule has 1 amide bonds. The van der Waals surface area contributed by atoms with Crippen LogP contribution in [0.1, 0.15) is 89.1 Å². The normalized spacial score (nSPS) is 9.46. The molecule has 2 aromatic carbocycles. The highest BCUT2D eigenvalue weighted by molar-refractivity contribution is 5.94. The number of methoxy groups -OCH3 is 1. The molecule has 0 spiro atoms. The Bertz CT molecular complexity index is 1100. The number of benzene rings is 2. The van der Waals surface area contributed by atoms with Gasteiger partial charge in [-0.05, 0) is 55.7 Å². The number of nitrogen functional groups attached to an aromatic ring is 1. The minimum Gasteiger partial charge on any atom is -0.471 e. The molecule has 0 radical (unpaired) electrons. The molecule has 0 aliphatic heterocycles. The number of rotatable bonds is 12. The highest BCUT2D eigenvalue weighted by Crippen LogP contribution is 2.21. The fraction of sp³-hybridized carbons (Fsp3) is 0.455. The third-order valence-corrected chi connectivity index (χ3v) is 5.78. The third kappa shape index (κ3) is 14.3. The number of carbonyl (C=O) groups excluding carboxylic acids is 2. The van der Waals surface area contributed by atoms with Crippen LogP contribution in [-0.4, -0.2) is 42.5 Å². The van der Waals surface area contributed by atoms with Gasteiger partial charge in [-0.2, -0.15) is 0 Å². The number of nitrogens with one attached hydrogen (secondary N) is 1. The third-order valence-electron chi connectivity index (χ3n) is 5.78. The van der Waals surface area contributed by atoms with E-state index in [4.69, 9.17) is 10.5 Å². The summed E-state index contributed by atoms with van der Waals surface area (Å²) in [5, 5.41) is 2.99. The van der Waals surface area contributed by atoms with E-state index in [1.54, 1.807) is 0 Å². The SMILES string of the molecule is CC.CC.CCCCCCN(CC)c1cc(CNC(=O)c2ccc(-c3ccc(N)cc3)cc2)nc(C)n1.COC=O. The lowest BCUT2D eigenvalue weighted by molar-refractivity contribution is -0.126. The summed E-state index contributed by atoms with van der Waals surface area (Å²) in [5.74, 6) is 1.53. The lowest BCUT2D eigenvalue weighted by atomic mass is 10.0. The van der Waals surface area contributed by atoms with E-state index in [9.17, 15) is 4.79 Å². The fourth-order valence-electron chi connectivity index (χ4n) is 3.79. The van der Waals surface area contributed by atoms with Gasteiger partial charge in [-0.25, -0.2) is 9.97 Å². The van der Waals surface area contributed by atoms with Crippen molar-refractivity contribution in [3.63, 3.8) is 0 Å². The van der Waals surface area contributed by atoms with Gasteiger partial charge in [0, 0.05) is 30.4 Å². The van der Waals surface area contributed by atoms with E-state index in [0.717, 1.165) is 53.7 Å². The zero-order valence-corrected chi connectivity index (χ0v) is 26.4. The number of aromatic nitrogens is 2. The Labute approximate surface area is 247 Å². The van der Waals surface area contributed by atoms with E-state index >= 15 is 0 Å². The summed E-state index contributed by atoms with van der Waals surface area (Å²) in [4.78, 5) is 33.1. The molecule has 3 N–H and O–H groups in total. The van der Waals surface area contributed by atoms with E-state index in [1.165, 1.54) is 26.4 Å². The number of amides is 1. The first kappa shape index (κ1) is 37.1. The van der Waals surface area contributed by atoms with Gasteiger partial charge in [-0.3, -0.25) is 9.59 Å². The lowest BCUT2D eigenvalue weighted by Gasteiger charge is -2.22. The zero-order chi connectivity index (χ0) is 31.0. The molecular formula is C33H51N5O3. The molecule has 0 unspecified atom stereocenters. The Morgan fingerprint density at radius 1 is 0.927 bits per heavy atom. The molecule has 0 saturated heterocycles. The molecule has 0 saturated carbocycles. The van der Waals surface area contributed by atoms with E-state index in [1.807, 2.05) is 89.2 Å². The van der Waals surface area contributed by atoms with Crippen molar-refractivity contribution < 1.29 is 14.3 Å². The Hall–Kier alpha value is -3.94. The molecule has 8 nitrogen and oxygen atoms in total. The summed E-state index contributed by atoms with van der Waals surface area (Å²) in [6.07, 6.45) is 4.88. The fourth-order valence-corrected chi connectivity index (χ4v) is 3.79. The molecule has 8 heteroatoms. The molecule has 1 heterocycles. The highest BCUT2D eigenvalue weighted by Gasteiger charge is 2.11. The average molecular weight is 566 g/mol. The van der Waals surface area contributed by atoms with Crippen LogP contribution in [0.3, 0.4) is 0 Å². The van der Waals surface area contributed by atoms with Crippen molar-refractivity contribution in [1.29, 1.82) is 0 Å². The Morgan fingerprint density at radius 3 is 2.00 bits per heavy atom. The molecule has 1 aromatic heterocycles. The molecule has 0 bridgehead atoms. The first-order valence-electron chi connectivity index (χ1n) is 14.7. The minimum atomic E-state index is -0.122. The van der Waals surface area contributed by atoms with Crippen molar-refractivity contribution in [1.82, 2.24) is 15.3 Å². The van der Waals surface area contributed by atoms with Crippen LogP contribution >= 0.6 is 0 Å². The van der Waals surface area contributed by atoms with Crippen LogP contribution in [0.25, 0.3) is 11.1 Å². The van der Waals surface area contributed by atoms with Gasteiger partial charge in [0.2, 0.25) is 0 Å². The summed E-state index contributed by atoms with van der Waals surface area (Å²) in [6.45, 7) is 16.9. The minimum absolute atomic E-state index is 0.122. The van der Waals surface area contributed by atoms with Crippen LogP contribution in [0.15, 0.2) is 54.6 Å². The van der Waals surface area contributed by atoms with Gasteiger partial charge < -0.3 is 20.7 Å². The second kappa shape index (κ2) is 22.8. The quantitative estimate of drug-likeness (QED) is 0.136. The summed E-state index contributed by atoms with van der Waals surface area (Å²) < 4.78 is 3.86. The number of hydrogen-bond acceptors (Lipinski definition) is 7. The van der Waals surface area contributed by atoms with Crippen LogP contribution in [-0.2, 0) is 16.1 Å². The van der Waals surface area contributed by atoms with Gasteiger partial charge in [0.1, 0.15) is 11.6 Å². The second-order valence-corrected chi connectivity index (χ2v) is 8.62. The number of anilines is 2. The van der Waals surface area contributed by atoms with Crippen LogP contribution in [0.5, 0.6) is 0 Å². The summed E-state index contributed by atoms with van der Waals surface area (Å²) in [6, 6.07) is 17.3. The maximum absolute atomic E-state index is 12.7. The van der Waals surface area contributed by atoms with Crippen LogP contribution in [0, 0.1) is 6.92 Å². The zero-order valence-electron chi connectivity index (χ0n) is 26.4. The number of carbonyl (C=O) groups is 2. The lowest BCUT2D eigenvalue weighted by Crippen LogP contribution is -2.27. The van der Waals surface area contributed by atoms with Crippen molar-refractivity contribution in [3.05, 3.63) is 71.7 Å². The number of unbranched alkanes of at least 4 members (excludes halogenated alkanes) is 3. The van der Waals surface area contributed by atoms with Gasteiger partial charge in [-0.1, -0.05) is 78.1 Å². The predicted molar refractivity (Wildman–Crippen MR) is 172 cm³/mol. The number of hydrogen-bond donors (Lipinski definition) is 2. The van der Waals surface area contributed by atoms with E-state index < -0.39 is 0 Å². The average Bonchev–Trinajstić information content (AvgIpc) is 3.02. The van der Waals surface area contributed by atoms with Gasteiger partial charge in [0.25, 0.3) is 12.4 Å².